The van der Waals surface area contributed by atoms with E-state index in [0.29, 0.717) is 17.3 Å². The summed E-state index contributed by atoms with van der Waals surface area (Å²) in [4.78, 5) is 33.3. The van der Waals surface area contributed by atoms with Crippen LogP contribution in [0, 0.1) is 0 Å². The van der Waals surface area contributed by atoms with Crippen LogP contribution in [-0.2, 0) is 5.75 Å². The van der Waals surface area contributed by atoms with Crippen LogP contribution in [0.3, 0.4) is 0 Å². The highest BCUT2D eigenvalue weighted by molar-refractivity contribution is 7.97. The summed E-state index contributed by atoms with van der Waals surface area (Å²) in [6.07, 6.45) is 5.67. The Kier molecular flexibility index (Phi) is 5.75. The van der Waals surface area contributed by atoms with Crippen molar-refractivity contribution in [3.8, 4) is 0 Å². The highest BCUT2D eigenvalue weighted by Crippen LogP contribution is 2.22. The number of piperidine rings is 1. The Morgan fingerprint density at radius 3 is 2.64 bits per heavy atom. The van der Waals surface area contributed by atoms with Crippen LogP contribution in [0.1, 0.15) is 35.6 Å². The highest BCUT2D eigenvalue weighted by Gasteiger charge is 2.13. The van der Waals surface area contributed by atoms with Crippen molar-refractivity contribution < 1.29 is 4.79 Å². The van der Waals surface area contributed by atoms with Gasteiger partial charge in [-0.1, -0.05) is 0 Å². The average molecular weight is 358 g/mol. The number of hydrogen-bond acceptors (Lipinski definition) is 5. The third-order valence-corrected chi connectivity index (χ3v) is 4.71. The lowest BCUT2D eigenvalue weighted by atomic mass is 10.1. The number of nitrogens with zero attached hydrogens (tertiary/aromatic N) is 2. The fraction of sp³-hybridized carbons (Fsp3) is 0.389. The number of anilines is 2. The van der Waals surface area contributed by atoms with Crippen LogP contribution in [0.15, 0.2) is 35.1 Å². The van der Waals surface area contributed by atoms with Gasteiger partial charge in [0.05, 0.1) is 5.75 Å². The fourth-order valence-electron chi connectivity index (χ4n) is 2.93. The van der Waals surface area contributed by atoms with Crippen LogP contribution in [-0.4, -0.2) is 35.2 Å². The van der Waals surface area contributed by atoms with E-state index in [1.165, 1.54) is 42.8 Å². The molecule has 1 saturated heterocycles. The van der Waals surface area contributed by atoms with Gasteiger partial charge >= 0.3 is 0 Å². The highest BCUT2D eigenvalue weighted by atomic mass is 32.2. The standard InChI is InChI=1S/C18H22N4O2S/c1-25-12-16-20-15(11-17(23)21-16)18(24)19-13-5-7-14(8-6-13)22-9-3-2-4-10-22/h5-8,11H,2-4,9-10,12H2,1H3,(H,19,24)(H,20,21,23). The molecule has 6 nitrogen and oxygen atoms in total. The molecule has 2 heterocycles. The molecule has 2 aromatic rings. The van der Waals surface area contributed by atoms with E-state index in [4.69, 9.17) is 0 Å². The number of H-pyrrole nitrogens is 1. The van der Waals surface area contributed by atoms with E-state index in [-0.39, 0.29) is 17.2 Å². The molecule has 0 radical (unpaired) electrons. The predicted octanol–water partition coefficient (Wildman–Crippen LogP) is 2.88. The van der Waals surface area contributed by atoms with E-state index in [1.54, 1.807) is 0 Å². The van der Waals surface area contributed by atoms with E-state index in [2.05, 4.69) is 20.2 Å². The maximum absolute atomic E-state index is 12.4. The minimum Gasteiger partial charge on any atom is -0.372 e. The van der Waals surface area contributed by atoms with Gasteiger partial charge < -0.3 is 15.2 Å². The maximum Gasteiger partial charge on any atom is 0.274 e. The number of aromatic amines is 1. The van der Waals surface area contributed by atoms with Crippen LogP contribution >= 0.6 is 11.8 Å². The van der Waals surface area contributed by atoms with Gasteiger partial charge in [0.2, 0.25) is 0 Å². The Morgan fingerprint density at radius 2 is 1.96 bits per heavy atom. The molecule has 1 fully saturated rings. The fourth-order valence-corrected chi connectivity index (χ4v) is 3.34. The average Bonchev–Trinajstić information content (AvgIpc) is 2.63. The van der Waals surface area contributed by atoms with E-state index in [9.17, 15) is 9.59 Å². The van der Waals surface area contributed by atoms with Gasteiger partial charge in [-0.15, -0.1) is 0 Å². The molecule has 3 rings (SSSR count). The number of amides is 1. The summed E-state index contributed by atoms with van der Waals surface area (Å²) in [7, 11) is 0. The van der Waals surface area contributed by atoms with Gasteiger partial charge in [0.25, 0.3) is 11.5 Å². The summed E-state index contributed by atoms with van der Waals surface area (Å²) in [6, 6.07) is 9.04. The molecule has 1 amide bonds. The summed E-state index contributed by atoms with van der Waals surface area (Å²) < 4.78 is 0. The number of benzene rings is 1. The molecular formula is C18H22N4O2S. The summed E-state index contributed by atoms with van der Waals surface area (Å²) in [5.74, 6) is 0.686. The summed E-state index contributed by atoms with van der Waals surface area (Å²) in [6.45, 7) is 2.17. The smallest absolute Gasteiger partial charge is 0.274 e. The molecular weight excluding hydrogens is 336 g/mol. The van der Waals surface area contributed by atoms with Crippen LogP contribution < -0.4 is 15.8 Å². The number of carbonyl (C=O) groups is 1. The Labute approximate surface area is 151 Å². The van der Waals surface area contributed by atoms with Gasteiger partial charge in [-0.05, 0) is 49.8 Å². The number of aromatic nitrogens is 2. The minimum absolute atomic E-state index is 0.132. The van der Waals surface area contributed by atoms with Crippen molar-refractivity contribution in [2.75, 3.05) is 29.6 Å². The van der Waals surface area contributed by atoms with Crippen molar-refractivity contribution in [3.05, 3.63) is 52.2 Å². The first-order chi connectivity index (χ1) is 12.2. The molecule has 0 saturated carbocycles. The molecule has 1 aromatic heterocycles. The summed E-state index contributed by atoms with van der Waals surface area (Å²) in [5.41, 5.74) is 1.69. The molecule has 1 aliphatic rings. The molecule has 1 aliphatic heterocycles. The van der Waals surface area contributed by atoms with Crippen molar-refractivity contribution in [2.24, 2.45) is 0 Å². The number of rotatable bonds is 5. The van der Waals surface area contributed by atoms with Gasteiger partial charge in [-0.25, -0.2) is 4.98 Å². The second kappa shape index (κ2) is 8.20. The molecule has 1 aromatic carbocycles. The normalized spacial score (nSPS) is 14.4. The molecule has 7 heteroatoms. The van der Waals surface area contributed by atoms with Gasteiger partial charge in [0.15, 0.2) is 0 Å². The van der Waals surface area contributed by atoms with Crippen LogP contribution in [0.5, 0.6) is 0 Å². The number of thioether (sulfide) groups is 1. The zero-order valence-corrected chi connectivity index (χ0v) is 15.1. The molecule has 0 bridgehead atoms. The molecule has 0 aliphatic carbocycles. The Bertz CT molecular complexity index is 782. The first-order valence-electron chi connectivity index (χ1n) is 8.41. The first kappa shape index (κ1) is 17.5. The zero-order valence-electron chi connectivity index (χ0n) is 14.2. The number of carbonyl (C=O) groups excluding carboxylic acids is 1. The molecule has 0 atom stereocenters. The Morgan fingerprint density at radius 1 is 1.24 bits per heavy atom. The van der Waals surface area contributed by atoms with Crippen molar-refractivity contribution in [1.82, 2.24) is 9.97 Å². The van der Waals surface area contributed by atoms with Crippen molar-refractivity contribution in [2.45, 2.75) is 25.0 Å². The number of nitrogens with one attached hydrogen (secondary N) is 2. The summed E-state index contributed by atoms with van der Waals surface area (Å²) >= 11 is 1.53. The molecule has 0 spiro atoms. The van der Waals surface area contributed by atoms with Gasteiger partial charge in [0, 0.05) is 30.5 Å². The monoisotopic (exact) mass is 358 g/mol. The van der Waals surface area contributed by atoms with Crippen molar-refractivity contribution in [3.63, 3.8) is 0 Å². The van der Waals surface area contributed by atoms with Gasteiger partial charge in [0.1, 0.15) is 11.5 Å². The second-order valence-corrected chi connectivity index (χ2v) is 6.93. The third-order valence-electron chi connectivity index (χ3n) is 4.15. The van der Waals surface area contributed by atoms with E-state index < -0.39 is 0 Å². The van der Waals surface area contributed by atoms with E-state index in [0.717, 1.165) is 13.1 Å². The van der Waals surface area contributed by atoms with E-state index in [1.807, 2.05) is 30.5 Å². The van der Waals surface area contributed by atoms with Crippen molar-refractivity contribution in [1.29, 1.82) is 0 Å². The maximum atomic E-state index is 12.4. The second-order valence-electron chi connectivity index (χ2n) is 6.06. The largest absolute Gasteiger partial charge is 0.372 e. The lowest BCUT2D eigenvalue weighted by Crippen LogP contribution is -2.29. The third kappa shape index (κ3) is 4.63. The lowest BCUT2D eigenvalue weighted by Gasteiger charge is -2.28. The molecule has 25 heavy (non-hydrogen) atoms. The Hall–Kier alpha value is -2.28. The minimum atomic E-state index is -0.376. The quantitative estimate of drug-likeness (QED) is 0.859. The van der Waals surface area contributed by atoms with Crippen LogP contribution in [0.25, 0.3) is 0 Å². The van der Waals surface area contributed by atoms with E-state index >= 15 is 0 Å². The first-order valence-corrected chi connectivity index (χ1v) is 9.80. The summed E-state index contributed by atoms with van der Waals surface area (Å²) in [5, 5.41) is 2.81. The molecule has 132 valence electrons. The topological polar surface area (TPSA) is 78.1 Å². The Balaban J connectivity index is 1.69. The number of hydrogen-bond donors (Lipinski definition) is 2. The van der Waals surface area contributed by atoms with Gasteiger partial charge in [-0.3, -0.25) is 9.59 Å². The molecule has 0 unspecified atom stereocenters. The molecule has 2 N–H and O–H groups in total. The SMILES string of the molecule is CSCc1nc(C(=O)Nc2ccc(N3CCCCC3)cc2)cc(=O)[nH]1. The van der Waals surface area contributed by atoms with Crippen LogP contribution in [0.2, 0.25) is 0 Å². The lowest BCUT2D eigenvalue weighted by molar-refractivity contribution is 0.102. The van der Waals surface area contributed by atoms with Gasteiger partial charge in [-0.2, -0.15) is 11.8 Å². The van der Waals surface area contributed by atoms with Crippen LogP contribution in [0.4, 0.5) is 11.4 Å². The zero-order chi connectivity index (χ0) is 17.6. The van der Waals surface area contributed by atoms with Crippen molar-refractivity contribution >= 4 is 29.0 Å². The predicted molar refractivity (Wildman–Crippen MR) is 103 cm³/mol.